The van der Waals surface area contributed by atoms with Gasteiger partial charge in [0.2, 0.25) is 0 Å². The SMILES string of the molecule is O=C(N[C@@H](c1ccccc1)c1cccc(OCc2ccc(C(=O)N(CCC3OCCO3)Cc3ccccc3)cc2)c1)O[C@H]1CN2CCC1C2. The molecule has 0 saturated carbocycles. The van der Waals surface area contributed by atoms with Crippen LogP contribution in [0.4, 0.5) is 4.79 Å². The molecule has 3 heterocycles. The lowest BCUT2D eigenvalue weighted by atomic mass is 9.98. The second kappa shape index (κ2) is 15.7. The van der Waals surface area contributed by atoms with E-state index in [9.17, 15) is 9.59 Å². The van der Waals surface area contributed by atoms with Crippen molar-refractivity contribution in [2.75, 3.05) is 39.4 Å². The number of carbonyl (C=O) groups is 2. The van der Waals surface area contributed by atoms with Gasteiger partial charge in [-0.1, -0.05) is 84.9 Å². The van der Waals surface area contributed by atoms with E-state index in [4.69, 9.17) is 18.9 Å². The zero-order chi connectivity index (χ0) is 33.4. The Hall–Kier alpha value is -4.70. The molecule has 0 aromatic heterocycles. The summed E-state index contributed by atoms with van der Waals surface area (Å²) in [5, 5.41) is 3.12. The molecule has 0 spiro atoms. The predicted octanol–water partition coefficient (Wildman–Crippen LogP) is 6.19. The lowest BCUT2D eigenvalue weighted by Crippen LogP contribution is -2.37. The van der Waals surface area contributed by atoms with E-state index >= 15 is 0 Å². The lowest BCUT2D eigenvalue weighted by molar-refractivity contribution is -0.0505. The smallest absolute Gasteiger partial charge is 0.408 e. The monoisotopic (exact) mass is 661 g/mol. The molecule has 9 nitrogen and oxygen atoms in total. The summed E-state index contributed by atoms with van der Waals surface area (Å²) >= 11 is 0. The van der Waals surface area contributed by atoms with Gasteiger partial charge in [0, 0.05) is 44.1 Å². The Morgan fingerprint density at radius 2 is 1.57 bits per heavy atom. The highest BCUT2D eigenvalue weighted by Gasteiger charge is 2.40. The molecule has 3 aliphatic rings. The number of rotatable bonds is 13. The normalized spacial score (nSPS) is 20.5. The van der Waals surface area contributed by atoms with Crippen molar-refractivity contribution >= 4 is 12.0 Å². The molecule has 2 amide bonds. The van der Waals surface area contributed by atoms with E-state index in [-0.39, 0.29) is 18.3 Å². The van der Waals surface area contributed by atoms with Crippen molar-refractivity contribution < 1.29 is 28.5 Å². The van der Waals surface area contributed by atoms with Crippen LogP contribution in [0.5, 0.6) is 5.75 Å². The van der Waals surface area contributed by atoms with Crippen molar-refractivity contribution in [2.45, 2.75) is 44.4 Å². The number of carbonyl (C=O) groups excluding carboxylic acids is 2. The van der Waals surface area contributed by atoms with E-state index < -0.39 is 12.1 Å². The van der Waals surface area contributed by atoms with Crippen molar-refractivity contribution in [3.8, 4) is 5.75 Å². The summed E-state index contributed by atoms with van der Waals surface area (Å²) in [6.45, 7) is 5.44. The standard InChI is InChI=1S/C40H43N3O6/c44-39(43(21-19-37-46-22-23-47-37)25-29-8-3-1-4-9-29)32-16-14-30(15-17-32)28-48-35-13-7-12-33(24-35)38(31-10-5-2-6-11-31)41-40(45)49-36-27-42-20-18-34(36)26-42/h1-17,24,34,36-38H,18-23,25-28H2,(H,41,45)/t34?,36-,38-/m0/s1. The largest absolute Gasteiger partial charge is 0.489 e. The van der Waals surface area contributed by atoms with Gasteiger partial charge in [0.25, 0.3) is 5.91 Å². The Morgan fingerprint density at radius 1 is 0.837 bits per heavy atom. The summed E-state index contributed by atoms with van der Waals surface area (Å²) in [6.07, 6.45) is 0.954. The van der Waals surface area contributed by atoms with Crippen LogP contribution < -0.4 is 10.1 Å². The number of hydrogen-bond acceptors (Lipinski definition) is 7. The van der Waals surface area contributed by atoms with Gasteiger partial charge in [0.15, 0.2) is 6.29 Å². The topological polar surface area (TPSA) is 89.6 Å². The average molecular weight is 662 g/mol. The third-order valence-electron chi connectivity index (χ3n) is 9.55. The van der Waals surface area contributed by atoms with E-state index in [0.29, 0.717) is 56.6 Å². The Balaban J connectivity index is 0.988. The van der Waals surface area contributed by atoms with Crippen LogP contribution in [0.15, 0.2) is 109 Å². The van der Waals surface area contributed by atoms with Gasteiger partial charge in [-0.05, 0) is 59.5 Å². The van der Waals surface area contributed by atoms with Crippen molar-refractivity contribution in [1.29, 1.82) is 0 Å². The molecule has 2 unspecified atom stereocenters. The first-order chi connectivity index (χ1) is 24.1. The van der Waals surface area contributed by atoms with Crippen molar-refractivity contribution in [3.05, 3.63) is 137 Å². The third kappa shape index (κ3) is 8.48. The summed E-state index contributed by atoms with van der Waals surface area (Å²) in [4.78, 5) is 31.0. The highest BCUT2D eigenvalue weighted by atomic mass is 16.7. The van der Waals surface area contributed by atoms with Gasteiger partial charge in [-0.2, -0.15) is 0 Å². The first kappa shape index (κ1) is 32.8. The minimum absolute atomic E-state index is 0.0436. The first-order valence-electron chi connectivity index (χ1n) is 17.2. The number of benzene rings is 4. The molecule has 4 aromatic rings. The van der Waals surface area contributed by atoms with Crippen LogP contribution in [-0.4, -0.2) is 73.6 Å². The zero-order valence-corrected chi connectivity index (χ0v) is 27.6. The van der Waals surface area contributed by atoms with Gasteiger partial charge >= 0.3 is 6.09 Å². The van der Waals surface area contributed by atoms with E-state index in [1.165, 1.54) is 0 Å². The average Bonchev–Trinajstić information content (AvgIpc) is 3.93. The van der Waals surface area contributed by atoms with Crippen LogP contribution in [0.25, 0.3) is 0 Å². The van der Waals surface area contributed by atoms with Crippen molar-refractivity contribution in [2.24, 2.45) is 5.92 Å². The number of hydrogen-bond donors (Lipinski definition) is 1. The Bertz CT molecular complexity index is 1680. The van der Waals surface area contributed by atoms with Crippen molar-refractivity contribution in [3.63, 3.8) is 0 Å². The summed E-state index contributed by atoms with van der Waals surface area (Å²) in [5.74, 6) is 1.06. The molecular formula is C40H43N3O6. The lowest BCUT2D eigenvalue weighted by Gasteiger charge is -2.25. The van der Waals surface area contributed by atoms with E-state index in [0.717, 1.165) is 48.3 Å². The molecule has 49 heavy (non-hydrogen) atoms. The van der Waals surface area contributed by atoms with Gasteiger partial charge in [-0.15, -0.1) is 0 Å². The van der Waals surface area contributed by atoms with Crippen LogP contribution in [0.3, 0.4) is 0 Å². The second-order valence-electron chi connectivity index (χ2n) is 13.0. The molecule has 254 valence electrons. The summed E-state index contributed by atoms with van der Waals surface area (Å²) in [6, 6.07) is 34.8. The van der Waals surface area contributed by atoms with Crippen LogP contribution in [0.2, 0.25) is 0 Å². The number of alkyl carbamates (subject to hydrolysis) is 1. The number of ether oxygens (including phenoxy) is 4. The molecule has 0 radical (unpaired) electrons. The molecule has 3 aliphatic heterocycles. The van der Waals surface area contributed by atoms with E-state index in [2.05, 4.69) is 10.2 Å². The third-order valence-corrected chi connectivity index (χ3v) is 9.55. The highest BCUT2D eigenvalue weighted by molar-refractivity contribution is 5.94. The summed E-state index contributed by atoms with van der Waals surface area (Å²) < 4.78 is 23.3. The molecule has 7 rings (SSSR count). The number of amides is 2. The van der Waals surface area contributed by atoms with Gasteiger partial charge < -0.3 is 29.2 Å². The molecular weight excluding hydrogens is 618 g/mol. The Labute approximate surface area is 287 Å². The maximum absolute atomic E-state index is 13.6. The number of nitrogens with one attached hydrogen (secondary N) is 1. The fourth-order valence-corrected chi connectivity index (χ4v) is 6.93. The quantitative estimate of drug-likeness (QED) is 0.183. The van der Waals surface area contributed by atoms with Crippen LogP contribution in [0, 0.1) is 5.92 Å². The van der Waals surface area contributed by atoms with E-state index in [1.54, 1.807) is 0 Å². The van der Waals surface area contributed by atoms with Gasteiger partial charge in [0.05, 0.1) is 19.3 Å². The molecule has 1 N–H and O–H groups in total. The van der Waals surface area contributed by atoms with Gasteiger partial charge in [0.1, 0.15) is 18.5 Å². The molecule has 3 fully saturated rings. The maximum Gasteiger partial charge on any atom is 0.408 e. The number of piperidine rings is 1. The van der Waals surface area contributed by atoms with Crippen LogP contribution in [-0.2, 0) is 27.4 Å². The molecule has 4 atom stereocenters. The molecule has 2 bridgehead atoms. The number of fused-ring (bicyclic) bond motifs is 2. The zero-order valence-electron chi connectivity index (χ0n) is 27.6. The summed E-state index contributed by atoms with van der Waals surface area (Å²) in [7, 11) is 0. The predicted molar refractivity (Wildman–Crippen MR) is 185 cm³/mol. The van der Waals surface area contributed by atoms with Gasteiger partial charge in [-0.3, -0.25) is 9.69 Å². The van der Waals surface area contributed by atoms with Crippen LogP contribution >= 0.6 is 0 Å². The fraction of sp³-hybridized carbons (Fsp3) is 0.350. The molecule has 3 saturated heterocycles. The van der Waals surface area contributed by atoms with Crippen LogP contribution in [0.1, 0.15) is 51.5 Å². The fourth-order valence-electron chi connectivity index (χ4n) is 6.93. The molecule has 9 heteroatoms. The van der Waals surface area contributed by atoms with E-state index in [1.807, 2.05) is 114 Å². The second-order valence-corrected chi connectivity index (χ2v) is 13.0. The highest BCUT2D eigenvalue weighted by Crippen LogP contribution is 2.31. The molecule has 4 aromatic carbocycles. The Kier molecular flexibility index (Phi) is 10.5. The maximum atomic E-state index is 13.6. The van der Waals surface area contributed by atoms with Crippen molar-refractivity contribution in [1.82, 2.24) is 15.1 Å². The number of nitrogens with zero attached hydrogens (tertiary/aromatic N) is 2. The minimum Gasteiger partial charge on any atom is -0.489 e. The molecule has 0 aliphatic carbocycles. The van der Waals surface area contributed by atoms with Gasteiger partial charge in [-0.25, -0.2) is 4.79 Å². The Morgan fingerprint density at radius 3 is 2.29 bits per heavy atom. The minimum atomic E-state index is -0.406. The summed E-state index contributed by atoms with van der Waals surface area (Å²) in [5.41, 5.74) is 4.47. The first-order valence-corrected chi connectivity index (χ1v) is 17.2.